The Morgan fingerprint density at radius 1 is 1.00 bits per heavy atom. The number of ether oxygens (including phenoxy) is 2. The van der Waals surface area contributed by atoms with E-state index in [2.05, 4.69) is 21.4 Å². The van der Waals surface area contributed by atoms with Crippen LogP contribution in [0.5, 0.6) is 11.5 Å². The second-order valence-electron chi connectivity index (χ2n) is 6.97. The van der Waals surface area contributed by atoms with Gasteiger partial charge in [0.2, 0.25) is 5.95 Å². The summed E-state index contributed by atoms with van der Waals surface area (Å²) in [5.41, 5.74) is 3.43. The zero-order valence-electron chi connectivity index (χ0n) is 15.8. The Labute approximate surface area is 168 Å². The molecule has 3 aromatic rings. The second kappa shape index (κ2) is 7.43. The molecule has 5 rings (SSSR count). The van der Waals surface area contributed by atoms with Crippen molar-refractivity contribution in [3.05, 3.63) is 66.0 Å². The Hall–Kier alpha value is -3.61. The lowest BCUT2D eigenvalue weighted by atomic mass is 10.0. The molecule has 1 N–H and O–H groups in total. The Morgan fingerprint density at radius 2 is 1.79 bits per heavy atom. The first kappa shape index (κ1) is 17.5. The summed E-state index contributed by atoms with van der Waals surface area (Å²) in [5, 5.41) is 3.13. The van der Waals surface area contributed by atoms with E-state index in [1.807, 2.05) is 41.3 Å². The van der Waals surface area contributed by atoms with Gasteiger partial charge in [-0.15, -0.1) is 0 Å². The number of aryl methyl sites for hydroxylation is 1. The molecule has 2 aliphatic rings. The number of carbonyl (C=O) groups is 1. The van der Waals surface area contributed by atoms with Gasteiger partial charge in [0.1, 0.15) is 13.2 Å². The van der Waals surface area contributed by atoms with Crippen LogP contribution in [0.4, 0.5) is 17.3 Å². The number of anilines is 3. The van der Waals surface area contributed by atoms with E-state index in [0.29, 0.717) is 37.0 Å². The average Bonchev–Trinajstić information content (AvgIpc) is 2.79. The van der Waals surface area contributed by atoms with Gasteiger partial charge >= 0.3 is 0 Å². The number of rotatable bonds is 3. The molecule has 1 amide bonds. The minimum absolute atomic E-state index is 0.0805. The second-order valence-corrected chi connectivity index (χ2v) is 6.97. The van der Waals surface area contributed by atoms with Crippen molar-refractivity contribution in [2.45, 2.75) is 12.8 Å². The molecule has 0 radical (unpaired) electrons. The number of nitrogens with zero attached hydrogens (tertiary/aromatic N) is 3. The van der Waals surface area contributed by atoms with Crippen molar-refractivity contribution < 1.29 is 14.3 Å². The molecule has 0 saturated carbocycles. The molecule has 0 saturated heterocycles. The maximum atomic E-state index is 13.0. The number of para-hydroxylation sites is 1. The van der Waals surface area contributed by atoms with Crippen molar-refractivity contribution in [3.8, 4) is 11.5 Å². The fourth-order valence-corrected chi connectivity index (χ4v) is 3.65. The molecule has 1 aromatic heterocycles. The van der Waals surface area contributed by atoms with E-state index in [1.165, 1.54) is 5.56 Å². The van der Waals surface area contributed by atoms with Gasteiger partial charge in [0.15, 0.2) is 11.5 Å². The highest BCUT2D eigenvalue weighted by Gasteiger charge is 2.23. The third-order valence-electron chi connectivity index (χ3n) is 5.05. The molecule has 0 atom stereocenters. The van der Waals surface area contributed by atoms with E-state index in [1.54, 1.807) is 12.4 Å². The fraction of sp³-hybridized carbons (Fsp3) is 0.227. The first-order valence-corrected chi connectivity index (χ1v) is 9.66. The van der Waals surface area contributed by atoms with Crippen molar-refractivity contribution in [1.82, 2.24) is 9.97 Å². The van der Waals surface area contributed by atoms with E-state index < -0.39 is 0 Å². The minimum atomic E-state index is -0.0805. The summed E-state index contributed by atoms with van der Waals surface area (Å²) in [4.78, 5) is 23.4. The standard InChI is InChI=1S/C22H20N4O3/c27-21(26-9-3-5-15-4-1-2-6-18(15)26)16-13-23-22(24-14-16)25-17-7-8-19-20(12-17)29-11-10-28-19/h1-2,4,6-8,12-14H,3,5,9-11H2,(H,23,24,25). The number of carbonyl (C=O) groups excluding carboxylic acids is 1. The topological polar surface area (TPSA) is 76.6 Å². The van der Waals surface area contributed by atoms with Crippen molar-refractivity contribution in [2.24, 2.45) is 0 Å². The summed E-state index contributed by atoms with van der Waals surface area (Å²) in [5.74, 6) is 1.75. The molecule has 7 nitrogen and oxygen atoms in total. The van der Waals surface area contributed by atoms with Gasteiger partial charge < -0.3 is 19.7 Å². The number of amides is 1. The van der Waals surface area contributed by atoms with Gasteiger partial charge in [-0.25, -0.2) is 9.97 Å². The van der Waals surface area contributed by atoms with Gasteiger partial charge in [-0.2, -0.15) is 0 Å². The van der Waals surface area contributed by atoms with Crippen molar-refractivity contribution in [2.75, 3.05) is 30.0 Å². The van der Waals surface area contributed by atoms with Gasteiger partial charge in [-0.3, -0.25) is 4.79 Å². The molecule has 0 fully saturated rings. The lowest BCUT2D eigenvalue weighted by Crippen LogP contribution is -2.35. The Morgan fingerprint density at radius 3 is 2.66 bits per heavy atom. The number of aromatic nitrogens is 2. The van der Waals surface area contributed by atoms with Gasteiger partial charge in [0.05, 0.1) is 5.56 Å². The number of fused-ring (bicyclic) bond motifs is 2. The molecule has 29 heavy (non-hydrogen) atoms. The van der Waals surface area contributed by atoms with Crippen LogP contribution < -0.4 is 19.7 Å². The van der Waals surface area contributed by atoms with E-state index in [0.717, 1.165) is 30.0 Å². The highest BCUT2D eigenvalue weighted by atomic mass is 16.6. The van der Waals surface area contributed by atoms with Crippen LogP contribution in [-0.4, -0.2) is 35.6 Å². The highest BCUT2D eigenvalue weighted by Crippen LogP contribution is 2.33. The maximum Gasteiger partial charge on any atom is 0.261 e. The van der Waals surface area contributed by atoms with Crippen LogP contribution in [0.2, 0.25) is 0 Å². The predicted molar refractivity (Wildman–Crippen MR) is 109 cm³/mol. The zero-order chi connectivity index (χ0) is 19.6. The SMILES string of the molecule is O=C(c1cnc(Nc2ccc3c(c2)OCCO3)nc1)N1CCCc2ccccc21. The molecule has 3 heterocycles. The van der Waals surface area contributed by atoms with E-state index >= 15 is 0 Å². The van der Waals surface area contributed by atoms with Crippen LogP contribution in [0.3, 0.4) is 0 Å². The van der Waals surface area contributed by atoms with Crippen molar-refractivity contribution in [3.63, 3.8) is 0 Å². The largest absolute Gasteiger partial charge is 0.486 e. The summed E-state index contributed by atoms with van der Waals surface area (Å²) in [6.07, 6.45) is 5.07. The first-order chi connectivity index (χ1) is 14.3. The van der Waals surface area contributed by atoms with Crippen LogP contribution in [-0.2, 0) is 6.42 Å². The smallest absolute Gasteiger partial charge is 0.261 e. The quantitative estimate of drug-likeness (QED) is 0.739. The Balaban J connectivity index is 1.32. The third-order valence-corrected chi connectivity index (χ3v) is 5.05. The monoisotopic (exact) mass is 388 g/mol. The normalized spacial score (nSPS) is 14.8. The molecule has 7 heteroatoms. The molecular weight excluding hydrogens is 368 g/mol. The maximum absolute atomic E-state index is 13.0. The van der Waals surface area contributed by atoms with Crippen LogP contribution in [0.1, 0.15) is 22.3 Å². The average molecular weight is 388 g/mol. The summed E-state index contributed by atoms with van der Waals surface area (Å²) >= 11 is 0. The molecule has 0 aliphatic carbocycles. The number of nitrogens with one attached hydrogen (secondary N) is 1. The fourth-order valence-electron chi connectivity index (χ4n) is 3.65. The Kier molecular flexibility index (Phi) is 4.48. The van der Waals surface area contributed by atoms with Gasteiger partial charge in [-0.1, -0.05) is 18.2 Å². The van der Waals surface area contributed by atoms with Crippen LogP contribution in [0.15, 0.2) is 54.9 Å². The van der Waals surface area contributed by atoms with Crippen LogP contribution in [0, 0.1) is 0 Å². The molecule has 146 valence electrons. The molecular formula is C22H20N4O3. The van der Waals surface area contributed by atoms with Crippen LogP contribution >= 0.6 is 0 Å². The van der Waals surface area contributed by atoms with Gasteiger partial charge in [-0.05, 0) is 36.6 Å². The summed E-state index contributed by atoms with van der Waals surface area (Å²) < 4.78 is 11.1. The van der Waals surface area contributed by atoms with E-state index in [-0.39, 0.29) is 5.91 Å². The lowest BCUT2D eigenvalue weighted by molar-refractivity contribution is 0.0984. The first-order valence-electron chi connectivity index (χ1n) is 9.66. The molecule has 2 aliphatic heterocycles. The predicted octanol–water partition coefficient (Wildman–Crippen LogP) is 3.58. The molecule has 0 bridgehead atoms. The van der Waals surface area contributed by atoms with Crippen molar-refractivity contribution >= 4 is 23.2 Å². The number of hydrogen-bond donors (Lipinski definition) is 1. The molecule has 2 aromatic carbocycles. The molecule has 0 unspecified atom stereocenters. The third kappa shape index (κ3) is 3.47. The molecule has 0 spiro atoms. The summed E-state index contributed by atoms with van der Waals surface area (Å²) in [7, 11) is 0. The summed E-state index contributed by atoms with van der Waals surface area (Å²) in [6.45, 7) is 1.79. The van der Waals surface area contributed by atoms with E-state index in [9.17, 15) is 4.79 Å². The van der Waals surface area contributed by atoms with E-state index in [4.69, 9.17) is 9.47 Å². The lowest BCUT2D eigenvalue weighted by Gasteiger charge is -2.29. The van der Waals surface area contributed by atoms with Crippen LogP contribution in [0.25, 0.3) is 0 Å². The number of benzene rings is 2. The Bertz CT molecular complexity index is 1050. The highest BCUT2D eigenvalue weighted by molar-refractivity contribution is 6.06. The zero-order valence-corrected chi connectivity index (χ0v) is 15.8. The summed E-state index contributed by atoms with van der Waals surface area (Å²) in [6, 6.07) is 13.6. The van der Waals surface area contributed by atoms with Gasteiger partial charge in [0.25, 0.3) is 5.91 Å². The number of hydrogen-bond acceptors (Lipinski definition) is 6. The minimum Gasteiger partial charge on any atom is -0.486 e. The van der Waals surface area contributed by atoms with Gasteiger partial charge in [0, 0.05) is 36.4 Å². The van der Waals surface area contributed by atoms with Crippen molar-refractivity contribution in [1.29, 1.82) is 0 Å².